The van der Waals surface area contributed by atoms with Crippen LogP contribution < -0.4 is 0 Å². The molecule has 1 N–H and O–H groups in total. The highest BCUT2D eigenvalue weighted by Gasteiger charge is 2.33. The number of aromatic nitrogens is 2. The smallest absolute Gasteiger partial charge is 0.309 e. The Kier molecular flexibility index (Phi) is 5.14. The number of carboxylic acids is 1. The van der Waals surface area contributed by atoms with Gasteiger partial charge in [-0.1, -0.05) is 0 Å². The van der Waals surface area contributed by atoms with Gasteiger partial charge in [0.25, 0.3) is 0 Å². The normalized spacial score (nSPS) is 23.1. The SMILES string of the molecule is CC(C)OCCn1cc([C@@H]2OCCC[C@H]2C(=O)O)cn1. The van der Waals surface area contributed by atoms with Crippen molar-refractivity contribution in [3.05, 3.63) is 18.0 Å². The van der Waals surface area contributed by atoms with E-state index in [1.165, 1.54) is 0 Å². The van der Waals surface area contributed by atoms with E-state index in [2.05, 4.69) is 5.10 Å². The third-order valence-corrected chi connectivity index (χ3v) is 3.39. The molecule has 0 radical (unpaired) electrons. The van der Waals surface area contributed by atoms with Crippen molar-refractivity contribution in [2.45, 2.75) is 45.4 Å². The highest BCUT2D eigenvalue weighted by Crippen LogP contribution is 2.33. The zero-order valence-electron chi connectivity index (χ0n) is 12.0. The minimum atomic E-state index is -0.800. The Morgan fingerprint density at radius 2 is 2.45 bits per heavy atom. The van der Waals surface area contributed by atoms with Crippen LogP contribution in [-0.4, -0.2) is 40.2 Å². The molecule has 1 aromatic rings. The van der Waals surface area contributed by atoms with Crippen molar-refractivity contribution in [3.63, 3.8) is 0 Å². The van der Waals surface area contributed by atoms with Gasteiger partial charge in [0, 0.05) is 18.4 Å². The van der Waals surface area contributed by atoms with E-state index >= 15 is 0 Å². The lowest BCUT2D eigenvalue weighted by Crippen LogP contribution is -2.28. The molecule has 1 aliphatic rings. The summed E-state index contributed by atoms with van der Waals surface area (Å²) >= 11 is 0. The predicted octanol–water partition coefficient (Wildman–Crippen LogP) is 1.86. The molecule has 2 atom stereocenters. The fourth-order valence-corrected chi connectivity index (χ4v) is 2.39. The van der Waals surface area contributed by atoms with Gasteiger partial charge in [0.05, 0.1) is 37.5 Å². The zero-order chi connectivity index (χ0) is 14.5. The molecule has 2 rings (SSSR count). The van der Waals surface area contributed by atoms with Gasteiger partial charge >= 0.3 is 5.97 Å². The minimum absolute atomic E-state index is 0.197. The van der Waals surface area contributed by atoms with Gasteiger partial charge in [-0.25, -0.2) is 0 Å². The largest absolute Gasteiger partial charge is 0.481 e. The Hall–Kier alpha value is -1.40. The molecule has 0 unspecified atom stereocenters. The molecule has 0 saturated carbocycles. The van der Waals surface area contributed by atoms with Crippen molar-refractivity contribution in [3.8, 4) is 0 Å². The molecule has 112 valence electrons. The van der Waals surface area contributed by atoms with Gasteiger partial charge in [0.2, 0.25) is 0 Å². The van der Waals surface area contributed by atoms with Crippen LogP contribution in [-0.2, 0) is 20.8 Å². The summed E-state index contributed by atoms with van der Waals surface area (Å²) in [6.45, 7) is 5.83. The summed E-state index contributed by atoms with van der Waals surface area (Å²) in [5.74, 6) is -1.28. The summed E-state index contributed by atoms with van der Waals surface area (Å²) in [5, 5.41) is 13.5. The number of hydrogen-bond acceptors (Lipinski definition) is 4. The fraction of sp³-hybridized carbons (Fsp3) is 0.714. The molecule has 1 aromatic heterocycles. The Balaban J connectivity index is 1.97. The number of carboxylic acid groups (broad SMARTS) is 1. The van der Waals surface area contributed by atoms with Crippen molar-refractivity contribution in [2.24, 2.45) is 5.92 Å². The molecular weight excluding hydrogens is 260 g/mol. The quantitative estimate of drug-likeness (QED) is 0.862. The monoisotopic (exact) mass is 282 g/mol. The van der Waals surface area contributed by atoms with Crippen LogP contribution in [0.2, 0.25) is 0 Å². The van der Waals surface area contributed by atoms with Gasteiger partial charge < -0.3 is 14.6 Å². The van der Waals surface area contributed by atoms with Crippen LogP contribution in [0.4, 0.5) is 0 Å². The number of aliphatic carboxylic acids is 1. The van der Waals surface area contributed by atoms with Gasteiger partial charge in [-0.3, -0.25) is 9.48 Å². The molecular formula is C14H22N2O4. The standard InChI is InChI=1S/C14H22N2O4/c1-10(2)19-7-5-16-9-11(8-15-16)13-12(14(17)18)4-3-6-20-13/h8-10,12-13H,3-7H2,1-2H3,(H,17,18)/t12-,13+/m1/s1. The van der Waals surface area contributed by atoms with Crippen molar-refractivity contribution < 1.29 is 19.4 Å². The summed E-state index contributed by atoms with van der Waals surface area (Å²) < 4.78 is 12.9. The minimum Gasteiger partial charge on any atom is -0.481 e. The Bertz CT molecular complexity index is 444. The second-order valence-corrected chi connectivity index (χ2v) is 5.33. The Labute approximate surface area is 118 Å². The van der Waals surface area contributed by atoms with Crippen molar-refractivity contribution >= 4 is 5.97 Å². The highest BCUT2D eigenvalue weighted by atomic mass is 16.5. The molecule has 0 bridgehead atoms. The van der Waals surface area contributed by atoms with Crippen LogP contribution in [0.15, 0.2) is 12.4 Å². The van der Waals surface area contributed by atoms with Crippen LogP contribution in [0.3, 0.4) is 0 Å². The Morgan fingerprint density at radius 1 is 1.65 bits per heavy atom. The summed E-state index contributed by atoms with van der Waals surface area (Å²) in [4.78, 5) is 11.3. The van der Waals surface area contributed by atoms with Crippen molar-refractivity contribution in [2.75, 3.05) is 13.2 Å². The van der Waals surface area contributed by atoms with E-state index in [4.69, 9.17) is 9.47 Å². The molecule has 0 aromatic carbocycles. The van der Waals surface area contributed by atoms with Crippen LogP contribution in [0, 0.1) is 5.92 Å². The van der Waals surface area contributed by atoms with Crippen molar-refractivity contribution in [1.82, 2.24) is 9.78 Å². The first kappa shape index (κ1) is 15.0. The lowest BCUT2D eigenvalue weighted by molar-refractivity contribution is -0.151. The summed E-state index contributed by atoms with van der Waals surface area (Å²) in [6.07, 6.45) is 4.81. The zero-order valence-corrected chi connectivity index (χ0v) is 12.0. The number of ether oxygens (including phenoxy) is 2. The second kappa shape index (κ2) is 6.85. The van der Waals surface area contributed by atoms with E-state index < -0.39 is 11.9 Å². The third kappa shape index (κ3) is 3.80. The van der Waals surface area contributed by atoms with Crippen LogP contribution in [0.25, 0.3) is 0 Å². The van der Waals surface area contributed by atoms with Crippen LogP contribution in [0.5, 0.6) is 0 Å². The number of carbonyl (C=O) groups is 1. The van der Waals surface area contributed by atoms with Gasteiger partial charge in [-0.2, -0.15) is 5.10 Å². The maximum atomic E-state index is 11.3. The first-order valence-corrected chi connectivity index (χ1v) is 7.06. The summed E-state index contributed by atoms with van der Waals surface area (Å²) in [7, 11) is 0. The molecule has 0 spiro atoms. The molecule has 6 nitrogen and oxygen atoms in total. The predicted molar refractivity (Wildman–Crippen MR) is 72.4 cm³/mol. The third-order valence-electron chi connectivity index (χ3n) is 3.39. The van der Waals surface area contributed by atoms with E-state index in [9.17, 15) is 9.90 Å². The summed E-state index contributed by atoms with van der Waals surface area (Å²) in [5.41, 5.74) is 0.835. The van der Waals surface area contributed by atoms with E-state index in [1.54, 1.807) is 10.9 Å². The Morgan fingerprint density at radius 3 is 3.15 bits per heavy atom. The molecule has 1 aliphatic heterocycles. The lowest BCUT2D eigenvalue weighted by atomic mass is 9.91. The first-order chi connectivity index (χ1) is 9.58. The molecule has 0 amide bonds. The molecule has 1 saturated heterocycles. The lowest BCUT2D eigenvalue weighted by Gasteiger charge is -2.28. The van der Waals surface area contributed by atoms with E-state index in [1.807, 2.05) is 20.0 Å². The van der Waals surface area contributed by atoms with E-state index in [-0.39, 0.29) is 12.2 Å². The van der Waals surface area contributed by atoms with E-state index in [0.29, 0.717) is 26.2 Å². The molecule has 20 heavy (non-hydrogen) atoms. The summed E-state index contributed by atoms with van der Waals surface area (Å²) in [6, 6.07) is 0. The number of nitrogens with zero attached hydrogens (tertiary/aromatic N) is 2. The van der Waals surface area contributed by atoms with E-state index in [0.717, 1.165) is 12.0 Å². The van der Waals surface area contributed by atoms with Gasteiger partial charge in [-0.15, -0.1) is 0 Å². The van der Waals surface area contributed by atoms with Crippen LogP contribution in [0.1, 0.15) is 38.4 Å². The molecule has 0 aliphatic carbocycles. The molecule has 6 heteroatoms. The van der Waals surface area contributed by atoms with Crippen LogP contribution >= 0.6 is 0 Å². The van der Waals surface area contributed by atoms with Crippen molar-refractivity contribution in [1.29, 1.82) is 0 Å². The second-order valence-electron chi connectivity index (χ2n) is 5.33. The fourth-order valence-electron chi connectivity index (χ4n) is 2.39. The number of rotatable bonds is 6. The molecule has 2 heterocycles. The maximum absolute atomic E-state index is 11.3. The van der Waals surface area contributed by atoms with Gasteiger partial charge in [0.15, 0.2) is 0 Å². The molecule has 1 fully saturated rings. The number of hydrogen-bond donors (Lipinski definition) is 1. The van der Waals surface area contributed by atoms with Gasteiger partial charge in [0.1, 0.15) is 0 Å². The maximum Gasteiger partial charge on any atom is 0.309 e. The van der Waals surface area contributed by atoms with Gasteiger partial charge in [-0.05, 0) is 26.7 Å². The first-order valence-electron chi connectivity index (χ1n) is 7.06. The topological polar surface area (TPSA) is 73.6 Å². The highest BCUT2D eigenvalue weighted by molar-refractivity contribution is 5.71. The average molecular weight is 282 g/mol. The average Bonchev–Trinajstić information content (AvgIpc) is 2.87.